The Bertz CT molecular complexity index is 750. The highest BCUT2D eigenvalue weighted by atomic mass is 35.5. The van der Waals surface area contributed by atoms with Gasteiger partial charge >= 0.3 is 6.09 Å². The fourth-order valence-electron chi connectivity index (χ4n) is 1.72. The number of imide groups is 1. The molecule has 2 aromatic rings. The van der Waals surface area contributed by atoms with Gasteiger partial charge in [0.1, 0.15) is 12.4 Å². The maximum Gasteiger partial charge on any atom is 0.413 e. The van der Waals surface area contributed by atoms with Crippen molar-refractivity contribution in [3.05, 3.63) is 35.1 Å². The van der Waals surface area contributed by atoms with Crippen LogP contribution in [0.2, 0.25) is 5.02 Å². The monoisotopic (exact) mass is 384 g/mol. The molecule has 1 atom stereocenters. The molecule has 0 aliphatic heterocycles. The van der Waals surface area contributed by atoms with E-state index in [4.69, 9.17) is 16.3 Å². The molecule has 134 valence electrons. The van der Waals surface area contributed by atoms with Crippen molar-refractivity contribution in [3.8, 4) is 5.75 Å². The van der Waals surface area contributed by atoms with E-state index in [1.165, 1.54) is 18.9 Å². The van der Waals surface area contributed by atoms with Gasteiger partial charge < -0.3 is 14.0 Å². The van der Waals surface area contributed by atoms with Gasteiger partial charge in [-0.05, 0) is 31.2 Å². The van der Waals surface area contributed by atoms with Crippen LogP contribution in [0.15, 0.2) is 29.4 Å². The Kier molecular flexibility index (Phi) is 6.65. The van der Waals surface area contributed by atoms with Crippen LogP contribution in [0.1, 0.15) is 12.7 Å². The van der Waals surface area contributed by atoms with Crippen molar-refractivity contribution in [2.75, 3.05) is 7.11 Å². The van der Waals surface area contributed by atoms with Crippen LogP contribution >= 0.6 is 23.4 Å². The zero-order valence-electron chi connectivity index (χ0n) is 13.9. The number of methoxy groups -OCH3 is 1. The van der Waals surface area contributed by atoms with E-state index in [9.17, 15) is 9.59 Å². The zero-order chi connectivity index (χ0) is 18.4. The van der Waals surface area contributed by atoms with Crippen molar-refractivity contribution < 1.29 is 19.1 Å². The van der Waals surface area contributed by atoms with E-state index in [1.807, 2.05) is 0 Å². The van der Waals surface area contributed by atoms with Crippen LogP contribution in [0.3, 0.4) is 0 Å². The summed E-state index contributed by atoms with van der Waals surface area (Å²) in [5.74, 6) is 0.782. The van der Waals surface area contributed by atoms with Gasteiger partial charge in [0, 0.05) is 12.1 Å². The van der Waals surface area contributed by atoms with Crippen molar-refractivity contribution in [1.29, 1.82) is 0 Å². The fraction of sp³-hybridized carbons (Fsp3) is 0.333. The lowest BCUT2D eigenvalue weighted by Crippen LogP contribution is -2.35. The Hall–Kier alpha value is -2.26. The molecule has 1 N–H and O–H groups in total. The van der Waals surface area contributed by atoms with Gasteiger partial charge in [-0.25, -0.2) is 4.79 Å². The first-order chi connectivity index (χ1) is 11.9. The van der Waals surface area contributed by atoms with E-state index in [-0.39, 0.29) is 6.61 Å². The highest BCUT2D eigenvalue weighted by molar-refractivity contribution is 8.00. The minimum absolute atomic E-state index is 0.217. The average molecular weight is 385 g/mol. The summed E-state index contributed by atoms with van der Waals surface area (Å²) in [4.78, 5) is 22.9. The maximum atomic E-state index is 11.8. The third-order valence-electron chi connectivity index (χ3n) is 3.17. The Labute approximate surface area is 153 Å². The molecule has 0 radical (unpaired) electrons. The third kappa shape index (κ3) is 5.36. The van der Waals surface area contributed by atoms with Gasteiger partial charge in [-0.2, -0.15) is 0 Å². The van der Waals surface area contributed by atoms with Crippen molar-refractivity contribution >= 4 is 35.4 Å². The molecule has 0 saturated heterocycles. The van der Waals surface area contributed by atoms with Crippen LogP contribution in [0.25, 0.3) is 0 Å². The van der Waals surface area contributed by atoms with Gasteiger partial charge in [-0.15, -0.1) is 10.2 Å². The second-order valence-corrected chi connectivity index (χ2v) is 6.69. The van der Waals surface area contributed by atoms with Gasteiger partial charge in [-0.3, -0.25) is 10.1 Å². The number of nitrogens with one attached hydrogen (secondary N) is 1. The van der Waals surface area contributed by atoms with E-state index >= 15 is 0 Å². The number of halogens is 1. The molecule has 1 aromatic carbocycles. The molecule has 0 fully saturated rings. The molecule has 0 saturated carbocycles. The predicted molar refractivity (Wildman–Crippen MR) is 92.7 cm³/mol. The molecule has 0 aliphatic carbocycles. The van der Waals surface area contributed by atoms with E-state index in [2.05, 4.69) is 20.3 Å². The summed E-state index contributed by atoms with van der Waals surface area (Å²) in [6, 6.07) is 6.98. The summed E-state index contributed by atoms with van der Waals surface area (Å²) in [5.41, 5.74) is 0. The zero-order valence-corrected chi connectivity index (χ0v) is 15.4. The van der Waals surface area contributed by atoms with Gasteiger partial charge in [0.15, 0.2) is 11.0 Å². The van der Waals surface area contributed by atoms with Crippen LogP contribution in [0.4, 0.5) is 4.79 Å². The number of rotatable bonds is 6. The van der Waals surface area contributed by atoms with Gasteiger partial charge in [0.25, 0.3) is 0 Å². The number of amides is 2. The van der Waals surface area contributed by atoms with Crippen molar-refractivity contribution in [2.45, 2.75) is 23.9 Å². The lowest BCUT2D eigenvalue weighted by atomic mass is 10.3. The molecule has 0 unspecified atom stereocenters. The lowest BCUT2D eigenvalue weighted by Gasteiger charge is -2.10. The normalized spacial score (nSPS) is 11.7. The standard InChI is InChI=1S/C15H17ClN4O4S/c1-9(13(21)17-15(22)23-3)25-14-19-18-12(20(14)2)8-24-11-6-4-10(16)5-7-11/h4-7,9H,8H2,1-3H3,(H,17,21,22)/t9-/m1/s1. The molecular formula is C15H17ClN4O4S. The molecule has 0 aliphatic rings. The number of alkyl carbamates (subject to hydrolysis) is 1. The van der Waals surface area contributed by atoms with Crippen LogP contribution in [0.5, 0.6) is 5.75 Å². The number of carbonyl (C=O) groups is 2. The molecule has 0 spiro atoms. The molecule has 2 rings (SSSR count). The number of carbonyl (C=O) groups excluding carboxylic acids is 2. The summed E-state index contributed by atoms with van der Waals surface area (Å²) < 4.78 is 11.7. The predicted octanol–water partition coefficient (Wildman–Crippen LogP) is 2.41. The van der Waals surface area contributed by atoms with E-state index in [0.717, 1.165) is 0 Å². The summed E-state index contributed by atoms with van der Waals surface area (Å²) in [6.45, 7) is 1.87. The number of benzene rings is 1. The second-order valence-electron chi connectivity index (χ2n) is 4.94. The highest BCUT2D eigenvalue weighted by Gasteiger charge is 2.20. The quantitative estimate of drug-likeness (QED) is 0.764. The number of thioether (sulfide) groups is 1. The first-order valence-electron chi connectivity index (χ1n) is 7.22. The largest absolute Gasteiger partial charge is 0.486 e. The Morgan fingerprint density at radius 1 is 1.32 bits per heavy atom. The van der Waals surface area contributed by atoms with E-state index in [0.29, 0.717) is 21.8 Å². The van der Waals surface area contributed by atoms with Crippen LogP contribution in [-0.2, 0) is 23.2 Å². The van der Waals surface area contributed by atoms with Crippen molar-refractivity contribution in [1.82, 2.24) is 20.1 Å². The number of hydrogen-bond donors (Lipinski definition) is 1. The summed E-state index contributed by atoms with van der Waals surface area (Å²) in [6.07, 6.45) is -0.799. The first kappa shape index (κ1) is 19.1. The van der Waals surface area contributed by atoms with E-state index in [1.54, 1.807) is 42.8 Å². The Morgan fingerprint density at radius 2 is 2.00 bits per heavy atom. The molecule has 25 heavy (non-hydrogen) atoms. The molecule has 0 bridgehead atoms. The highest BCUT2D eigenvalue weighted by Crippen LogP contribution is 2.22. The fourth-order valence-corrected chi connectivity index (χ4v) is 2.68. The summed E-state index contributed by atoms with van der Waals surface area (Å²) in [7, 11) is 2.96. The van der Waals surface area contributed by atoms with Crippen molar-refractivity contribution in [2.24, 2.45) is 7.05 Å². The Balaban J connectivity index is 1.94. The van der Waals surface area contributed by atoms with Gasteiger partial charge in [0.2, 0.25) is 5.91 Å². The van der Waals surface area contributed by atoms with E-state index < -0.39 is 17.3 Å². The average Bonchev–Trinajstić information content (AvgIpc) is 2.94. The Morgan fingerprint density at radius 3 is 2.64 bits per heavy atom. The number of aromatic nitrogens is 3. The minimum atomic E-state index is -0.799. The number of hydrogen-bond acceptors (Lipinski definition) is 7. The lowest BCUT2D eigenvalue weighted by molar-refractivity contribution is -0.119. The molecular weight excluding hydrogens is 368 g/mol. The van der Waals surface area contributed by atoms with Crippen LogP contribution < -0.4 is 10.1 Å². The topological polar surface area (TPSA) is 95.3 Å². The summed E-state index contributed by atoms with van der Waals surface area (Å²) >= 11 is 7.00. The molecule has 1 heterocycles. The molecule has 2 amide bonds. The SMILES string of the molecule is COC(=O)NC(=O)[C@@H](C)Sc1nnc(COc2ccc(Cl)cc2)n1C. The first-order valence-corrected chi connectivity index (χ1v) is 8.48. The second kappa shape index (κ2) is 8.72. The molecule has 8 nitrogen and oxygen atoms in total. The van der Waals surface area contributed by atoms with Crippen LogP contribution in [0, 0.1) is 0 Å². The number of ether oxygens (including phenoxy) is 2. The third-order valence-corrected chi connectivity index (χ3v) is 4.55. The molecule has 10 heteroatoms. The van der Waals surface area contributed by atoms with Gasteiger partial charge in [0.05, 0.1) is 12.4 Å². The molecule has 1 aromatic heterocycles. The van der Waals surface area contributed by atoms with Gasteiger partial charge in [-0.1, -0.05) is 23.4 Å². The smallest absolute Gasteiger partial charge is 0.413 e. The maximum absolute atomic E-state index is 11.8. The van der Waals surface area contributed by atoms with Crippen molar-refractivity contribution in [3.63, 3.8) is 0 Å². The number of nitrogens with zero attached hydrogens (tertiary/aromatic N) is 3. The summed E-state index contributed by atoms with van der Waals surface area (Å²) in [5, 5.41) is 10.8. The van der Waals surface area contributed by atoms with Crippen LogP contribution in [-0.4, -0.2) is 39.1 Å². The minimum Gasteiger partial charge on any atom is -0.486 e.